The second kappa shape index (κ2) is 13.4. The maximum absolute atomic E-state index is 14.1. The van der Waals surface area contributed by atoms with E-state index in [4.69, 9.17) is 0 Å². The van der Waals surface area contributed by atoms with Gasteiger partial charge in [0.05, 0.1) is 10.6 Å². The van der Waals surface area contributed by atoms with Gasteiger partial charge in [0, 0.05) is 12.6 Å². The summed E-state index contributed by atoms with van der Waals surface area (Å²) in [4.78, 5) is 29.0. The zero-order valence-electron chi connectivity index (χ0n) is 23.4. The molecule has 0 fully saturated rings. The van der Waals surface area contributed by atoms with Crippen molar-refractivity contribution < 1.29 is 18.0 Å². The number of rotatable bonds is 12. The Morgan fingerprint density at radius 3 is 2.05 bits per heavy atom. The van der Waals surface area contributed by atoms with Crippen LogP contribution in [0.2, 0.25) is 0 Å². The molecule has 2 atom stereocenters. The lowest BCUT2D eigenvalue weighted by atomic mass is 10.1. The first-order valence-electron chi connectivity index (χ1n) is 13.4. The van der Waals surface area contributed by atoms with Gasteiger partial charge in [-0.2, -0.15) is 0 Å². The Balaban J connectivity index is 2.05. The van der Waals surface area contributed by atoms with Gasteiger partial charge in [-0.05, 0) is 62.9 Å². The second-order valence-electron chi connectivity index (χ2n) is 9.86. The van der Waals surface area contributed by atoms with Crippen LogP contribution >= 0.6 is 0 Å². The average Bonchev–Trinajstić information content (AvgIpc) is 2.93. The van der Waals surface area contributed by atoms with Crippen LogP contribution in [0, 0.1) is 13.8 Å². The van der Waals surface area contributed by atoms with E-state index in [0.717, 1.165) is 27.4 Å². The standard InChI is InChI=1S/C31H39N3O4S/c1-6-25(5)32-31(36)28(7-2)33(21-26-19-17-23(3)18-20-26)30(35)22-34(29-16-12-11-13-24(29)4)39(37,38)27-14-9-8-10-15-27/h8-20,25,28H,6-7,21-22H2,1-5H3,(H,32,36)/t25-,28+/m0/s1. The van der Waals surface area contributed by atoms with Crippen LogP contribution in [0.3, 0.4) is 0 Å². The number of aryl methyl sites for hydroxylation is 2. The molecule has 39 heavy (non-hydrogen) atoms. The number of carbonyl (C=O) groups excluding carboxylic acids is 2. The number of benzene rings is 3. The molecule has 0 radical (unpaired) electrons. The quantitative estimate of drug-likeness (QED) is 0.336. The molecule has 0 aliphatic heterocycles. The molecule has 0 heterocycles. The summed E-state index contributed by atoms with van der Waals surface area (Å²) in [5.41, 5.74) is 3.08. The Kier molecular flexibility index (Phi) is 10.3. The molecule has 0 bridgehead atoms. The minimum Gasteiger partial charge on any atom is -0.352 e. The molecule has 208 valence electrons. The third-order valence-corrected chi connectivity index (χ3v) is 8.63. The van der Waals surface area contributed by atoms with Gasteiger partial charge in [0.1, 0.15) is 12.6 Å². The molecule has 3 aromatic carbocycles. The molecule has 0 aliphatic carbocycles. The van der Waals surface area contributed by atoms with Gasteiger partial charge in [-0.1, -0.05) is 80.1 Å². The van der Waals surface area contributed by atoms with E-state index >= 15 is 0 Å². The summed E-state index contributed by atoms with van der Waals surface area (Å²) in [5, 5.41) is 3.00. The van der Waals surface area contributed by atoms with E-state index in [1.807, 2.05) is 71.0 Å². The molecule has 0 aromatic heterocycles. The van der Waals surface area contributed by atoms with Crippen molar-refractivity contribution in [3.63, 3.8) is 0 Å². The molecule has 3 rings (SSSR count). The van der Waals surface area contributed by atoms with E-state index < -0.39 is 28.5 Å². The van der Waals surface area contributed by atoms with Crippen molar-refractivity contribution >= 4 is 27.5 Å². The third kappa shape index (κ3) is 7.47. The summed E-state index contributed by atoms with van der Waals surface area (Å²) in [6.07, 6.45) is 1.14. The van der Waals surface area contributed by atoms with E-state index in [2.05, 4.69) is 5.32 Å². The van der Waals surface area contributed by atoms with Crippen LogP contribution in [0.1, 0.15) is 50.3 Å². The number of hydrogen-bond acceptors (Lipinski definition) is 4. The fraction of sp³-hybridized carbons (Fsp3) is 0.355. The fourth-order valence-corrected chi connectivity index (χ4v) is 5.83. The molecule has 0 saturated heterocycles. The van der Waals surface area contributed by atoms with Gasteiger partial charge in [-0.25, -0.2) is 8.42 Å². The normalized spacial score (nSPS) is 12.8. The molecule has 0 aliphatic rings. The number of sulfonamides is 1. The zero-order valence-corrected chi connectivity index (χ0v) is 24.2. The highest BCUT2D eigenvalue weighted by Gasteiger charge is 2.34. The first-order chi connectivity index (χ1) is 18.6. The van der Waals surface area contributed by atoms with Crippen LogP contribution in [-0.2, 0) is 26.2 Å². The Morgan fingerprint density at radius 1 is 0.846 bits per heavy atom. The summed E-state index contributed by atoms with van der Waals surface area (Å²) in [6.45, 7) is 9.29. The Hall–Kier alpha value is -3.65. The lowest BCUT2D eigenvalue weighted by molar-refractivity contribution is -0.140. The van der Waals surface area contributed by atoms with E-state index in [1.54, 1.807) is 30.3 Å². The fourth-order valence-electron chi connectivity index (χ4n) is 4.33. The smallest absolute Gasteiger partial charge is 0.264 e. The average molecular weight is 550 g/mol. The first-order valence-corrected chi connectivity index (χ1v) is 14.8. The highest BCUT2D eigenvalue weighted by atomic mass is 32.2. The predicted molar refractivity (Wildman–Crippen MR) is 156 cm³/mol. The Bertz CT molecular complexity index is 1360. The van der Waals surface area contributed by atoms with Crippen LogP contribution in [0.4, 0.5) is 5.69 Å². The number of nitrogens with zero attached hydrogens (tertiary/aromatic N) is 2. The van der Waals surface area contributed by atoms with Gasteiger partial charge in [-0.15, -0.1) is 0 Å². The number of anilines is 1. The van der Waals surface area contributed by atoms with Gasteiger partial charge in [0.15, 0.2) is 0 Å². The summed E-state index contributed by atoms with van der Waals surface area (Å²) in [6, 6.07) is 22.1. The number of amides is 2. The van der Waals surface area contributed by atoms with Crippen molar-refractivity contribution in [2.45, 2.75) is 71.0 Å². The molecule has 7 nitrogen and oxygen atoms in total. The van der Waals surface area contributed by atoms with Crippen LogP contribution in [0.15, 0.2) is 83.8 Å². The minimum atomic E-state index is -4.07. The predicted octanol–water partition coefficient (Wildman–Crippen LogP) is 5.22. The molecular weight excluding hydrogens is 510 g/mol. The monoisotopic (exact) mass is 549 g/mol. The molecule has 3 aromatic rings. The van der Waals surface area contributed by atoms with Crippen molar-refractivity contribution in [1.82, 2.24) is 10.2 Å². The minimum absolute atomic E-state index is 0.0511. The maximum Gasteiger partial charge on any atom is 0.264 e. The Labute approximate surface area is 232 Å². The maximum atomic E-state index is 14.1. The van der Waals surface area contributed by atoms with Crippen molar-refractivity contribution in [3.8, 4) is 0 Å². The van der Waals surface area contributed by atoms with E-state index in [9.17, 15) is 18.0 Å². The van der Waals surface area contributed by atoms with E-state index in [-0.39, 0.29) is 23.4 Å². The first kappa shape index (κ1) is 29.9. The lowest BCUT2D eigenvalue weighted by Gasteiger charge is -2.34. The number of carbonyl (C=O) groups is 2. The lowest BCUT2D eigenvalue weighted by Crippen LogP contribution is -2.53. The zero-order chi connectivity index (χ0) is 28.6. The largest absolute Gasteiger partial charge is 0.352 e. The van der Waals surface area contributed by atoms with Crippen LogP contribution in [0.25, 0.3) is 0 Å². The van der Waals surface area contributed by atoms with Crippen LogP contribution < -0.4 is 9.62 Å². The summed E-state index contributed by atoms with van der Waals surface area (Å²) < 4.78 is 28.9. The number of hydrogen-bond donors (Lipinski definition) is 1. The summed E-state index contributed by atoms with van der Waals surface area (Å²) in [7, 11) is -4.07. The number of nitrogens with one attached hydrogen (secondary N) is 1. The highest BCUT2D eigenvalue weighted by molar-refractivity contribution is 7.92. The SMILES string of the molecule is CC[C@H](C(=O)N[C@@H](C)CC)N(Cc1ccc(C)cc1)C(=O)CN(c1ccccc1C)S(=O)(=O)c1ccccc1. The molecule has 0 saturated carbocycles. The molecular formula is C31H39N3O4S. The van der Waals surface area contributed by atoms with E-state index in [1.165, 1.54) is 17.0 Å². The molecule has 2 amide bonds. The van der Waals surface area contributed by atoms with Gasteiger partial charge in [0.25, 0.3) is 10.0 Å². The van der Waals surface area contributed by atoms with Crippen LogP contribution in [0.5, 0.6) is 0 Å². The molecule has 1 N–H and O–H groups in total. The number of para-hydroxylation sites is 1. The van der Waals surface area contributed by atoms with Gasteiger partial charge in [0.2, 0.25) is 11.8 Å². The summed E-state index contributed by atoms with van der Waals surface area (Å²) >= 11 is 0. The van der Waals surface area contributed by atoms with Crippen molar-refractivity contribution in [1.29, 1.82) is 0 Å². The molecule has 0 spiro atoms. The van der Waals surface area contributed by atoms with Crippen molar-refractivity contribution in [2.75, 3.05) is 10.8 Å². The molecule has 0 unspecified atom stereocenters. The topological polar surface area (TPSA) is 86.8 Å². The van der Waals surface area contributed by atoms with Crippen molar-refractivity contribution in [2.24, 2.45) is 0 Å². The van der Waals surface area contributed by atoms with Gasteiger partial charge < -0.3 is 10.2 Å². The van der Waals surface area contributed by atoms with Crippen molar-refractivity contribution in [3.05, 3.63) is 95.6 Å². The molecule has 8 heteroatoms. The summed E-state index contributed by atoms with van der Waals surface area (Å²) in [5.74, 6) is -0.704. The van der Waals surface area contributed by atoms with E-state index in [0.29, 0.717) is 12.1 Å². The highest BCUT2D eigenvalue weighted by Crippen LogP contribution is 2.27. The van der Waals surface area contributed by atoms with Gasteiger partial charge in [-0.3, -0.25) is 13.9 Å². The third-order valence-electron chi connectivity index (χ3n) is 6.85. The Morgan fingerprint density at radius 2 is 1.46 bits per heavy atom. The van der Waals surface area contributed by atoms with Crippen LogP contribution in [-0.4, -0.2) is 43.8 Å². The second-order valence-corrected chi connectivity index (χ2v) is 11.7. The van der Waals surface area contributed by atoms with Gasteiger partial charge >= 0.3 is 0 Å².